The van der Waals surface area contributed by atoms with Gasteiger partial charge in [-0.2, -0.15) is 0 Å². The minimum atomic E-state index is -1.63. The van der Waals surface area contributed by atoms with E-state index in [2.05, 4.69) is 58.3 Å². The summed E-state index contributed by atoms with van der Waals surface area (Å²) in [5.41, 5.74) is 6.66. The molecule has 0 saturated heterocycles. The second-order valence-corrected chi connectivity index (χ2v) is 13.4. The van der Waals surface area contributed by atoms with Gasteiger partial charge in [-0.1, -0.05) is 71.9 Å². The molecule has 1 rings (SSSR count). The van der Waals surface area contributed by atoms with Crippen LogP contribution in [0.1, 0.15) is 59.9 Å². The van der Waals surface area contributed by atoms with Crippen molar-refractivity contribution in [2.24, 2.45) is 0 Å². The smallest absolute Gasteiger partial charge is 0.407 e. The van der Waals surface area contributed by atoms with Crippen molar-refractivity contribution in [1.29, 1.82) is 0 Å². The van der Waals surface area contributed by atoms with Gasteiger partial charge in [0.05, 0.1) is 0 Å². The van der Waals surface area contributed by atoms with E-state index in [9.17, 15) is 4.79 Å². The highest BCUT2D eigenvalue weighted by atomic mass is 28.3. The van der Waals surface area contributed by atoms with Crippen molar-refractivity contribution in [3.63, 3.8) is 0 Å². The number of unbranched alkanes of at least 4 members (excludes halogenated alkanes) is 1. The average molecular weight is 374 g/mol. The number of hydrogen-bond donors (Lipinski definition) is 1. The Morgan fingerprint density at radius 1 is 1.04 bits per heavy atom. The molecule has 1 aromatic rings. The van der Waals surface area contributed by atoms with Crippen LogP contribution in [-0.2, 0) is 11.3 Å². The van der Waals surface area contributed by atoms with Crippen molar-refractivity contribution in [1.82, 2.24) is 5.32 Å². The molecule has 0 heterocycles. The fraction of sp³-hybridized carbons (Fsp3) is 0.591. The number of nitrogens with one attached hydrogen (secondary N) is 1. The fourth-order valence-electron chi connectivity index (χ4n) is 3.79. The van der Waals surface area contributed by atoms with E-state index >= 15 is 0 Å². The molecule has 0 aromatic heterocycles. The molecule has 1 amide bonds. The maximum atomic E-state index is 11.7. The Morgan fingerprint density at radius 3 is 2.15 bits per heavy atom. The van der Waals surface area contributed by atoms with E-state index in [1.54, 1.807) is 0 Å². The van der Waals surface area contributed by atoms with Gasteiger partial charge in [-0.3, -0.25) is 0 Å². The van der Waals surface area contributed by atoms with Crippen molar-refractivity contribution in [2.45, 2.75) is 77.6 Å². The highest BCUT2D eigenvalue weighted by molar-refractivity contribution is 6.90. The van der Waals surface area contributed by atoms with Gasteiger partial charge in [0, 0.05) is 13.0 Å². The quantitative estimate of drug-likeness (QED) is 0.349. The molecule has 26 heavy (non-hydrogen) atoms. The summed E-state index contributed by atoms with van der Waals surface area (Å²) in [4.78, 5) is 11.7. The Kier molecular flexibility index (Phi) is 9.51. The minimum Gasteiger partial charge on any atom is -0.445 e. The predicted octanol–water partition coefficient (Wildman–Crippen LogP) is 5.91. The number of alkyl carbamates (subject to hydrolysis) is 1. The summed E-state index contributed by atoms with van der Waals surface area (Å²) in [5.74, 6) is 3.42. The van der Waals surface area contributed by atoms with Gasteiger partial charge >= 0.3 is 6.09 Å². The molecular formula is C22H35NO2Si. The molecule has 0 atom stereocenters. The lowest BCUT2D eigenvalue weighted by Gasteiger charge is -2.38. The lowest BCUT2D eigenvalue weighted by atomic mass is 10.2. The zero-order valence-corrected chi connectivity index (χ0v) is 18.3. The van der Waals surface area contributed by atoms with Gasteiger partial charge in [0.1, 0.15) is 14.7 Å². The third-order valence-corrected chi connectivity index (χ3v) is 11.5. The summed E-state index contributed by atoms with van der Waals surface area (Å²) in [6, 6.07) is 9.70. The Hall–Kier alpha value is -1.73. The maximum Gasteiger partial charge on any atom is 0.407 e. The molecule has 0 fully saturated rings. The Bertz CT molecular complexity index is 578. The molecular weight excluding hydrogens is 338 g/mol. The Morgan fingerprint density at radius 2 is 1.62 bits per heavy atom. The normalized spacial score (nSPS) is 11.4. The van der Waals surface area contributed by atoms with Crippen LogP contribution in [0.25, 0.3) is 0 Å². The number of rotatable bonds is 8. The van der Waals surface area contributed by atoms with Gasteiger partial charge in [-0.05, 0) is 28.6 Å². The first-order valence-corrected chi connectivity index (χ1v) is 12.0. The second kappa shape index (κ2) is 11.1. The molecule has 3 nitrogen and oxygen atoms in total. The van der Waals surface area contributed by atoms with Gasteiger partial charge in [0.25, 0.3) is 0 Å². The minimum absolute atomic E-state index is 0.303. The zero-order valence-electron chi connectivity index (χ0n) is 17.3. The summed E-state index contributed by atoms with van der Waals surface area (Å²) in [6.07, 6.45) is 1.31. The lowest BCUT2D eigenvalue weighted by Crippen LogP contribution is -2.43. The number of benzene rings is 1. The number of hydrogen-bond acceptors (Lipinski definition) is 2. The summed E-state index contributed by atoms with van der Waals surface area (Å²) < 4.78 is 5.20. The number of amides is 1. The number of ether oxygens (including phenoxy) is 1. The van der Waals surface area contributed by atoms with Gasteiger partial charge < -0.3 is 10.1 Å². The van der Waals surface area contributed by atoms with Crippen LogP contribution < -0.4 is 5.32 Å². The maximum absolute atomic E-state index is 11.7. The van der Waals surface area contributed by atoms with E-state index in [0.29, 0.717) is 29.8 Å². The van der Waals surface area contributed by atoms with Crippen LogP contribution in [0.15, 0.2) is 30.3 Å². The molecule has 1 N–H and O–H groups in total. The van der Waals surface area contributed by atoms with E-state index in [0.717, 1.165) is 18.4 Å². The summed E-state index contributed by atoms with van der Waals surface area (Å²) in [7, 11) is -1.63. The molecule has 0 bridgehead atoms. The SMILES string of the molecule is CC(C)[Si](C#CCCCNC(=O)OCc1ccccc1)(C(C)C)C(C)C. The van der Waals surface area contributed by atoms with Crippen molar-refractivity contribution >= 4 is 14.2 Å². The molecule has 0 aliphatic carbocycles. The molecule has 144 valence electrons. The van der Waals surface area contributed by atoms with E-state index in [4.69, 9.17) is 4.74 Å². The first kappa shape index (κ1) is 22.3. The van der Waals surface area contributed by atoms with Crippen LogP contribution in [0.3, 0.4) is 0 Å². The predicted molar refractivity (Wildman–Crippen MR) is 113 cm³/mol. The van der Waals surface area contributed by atoms with E-state index in [1.807, 2.05) is 30.3 Å². The van der Waals surface area contributed by atoms with Crippen LogP contribution >= 0.6 is 0 Å². The van der Waals surface area contributed by atoms with Crippen molar-refractivity contribution in [3.8, 4) is 11.5 Å². The van der Waals surface area contributed by atoms with Gasteiger partial charge in [0.2, 0.25) is 0 Å². The Labute approximate surface area is 160 Å². The van der Waals surface area contributed by atoms with Crippen molar-refractivity contribution in [3.05, 3.63) is 35.9 Å². The summed E-state index contributed by atoms with van der Waals surface area (Å²) >= 11 is 0. The number of carbonyl (C=O) groups is 1. The third-order valence-electron chi connectivity index (χ3n) is 5.13. The van der Waals surface area contributed by atoms with Gasteiger partial charge in [0.15, 0.2) is 0 Å². The first-order valence-electron chi connectivity index (χ1n) is 9.75. The second-order valence-electron chi connectivity index (χ2n) is 7.79. The van der Waals surface area contributed by atoms with E-state index in [1.165, 1.54) is 0 Å². The van der Waals surface area contributed by atoms with E-state index < -0.39 is 8.07 Å². The molecule has 1 aromatic carbocycles. The number of carbonyl (C=O) groups excluding carboxylic acids is 1. The molecule has 0 aliphatic heterocycles. The van der Waals surface area contributed by atoms with Crippen LogP contribution in [0.2, 0.25) is 16.6 Å². The van der Waals surface area contributed by atoms with Crippen molar-refractivity contribution < 1.29 is 9.53 Å². The van der Waals surface area contributed by atoms with E-state index in [-0.39, 0.29) is 6.09 Å². The van der Waals surface area contributed by atoms with Gasteiger partial charge in [-0.25, -0.2) is 4.79 Å². The third kappa shape index (κ3) is 6.53. The molecule has 4 heteroatoms. The molecule has 0 unspecified atom stereocenters. The fourth-order valence-corrected chi connectivity index (χ4v) is 9.09. The monoisotopic (exact) mass is 373 g/mol. The zero-order chi connectivity index (χ0) is 19.6. The van der Waals surface area contributed by atoms with Gasteiger partial charge in [-0.15, -0.1) is 11.5 Å². The molecule has 0 radical (unpaired) electrons. The Balaban J connectivity index is 2.37. The standard InChI is InChI=1S/C22H35NO2Si/c1-18(2)26(19(3)4,20(5)6)16-12-8-11-15-23-22(24)25-17-21-13-9-7-10-14-21/h7,9-10,13-14,18-20H,8,11,15,17H2,1-6H3,(H,23,24). The average Bonchev–Trinajstić information content (AvgIpc) is 2.59. The van der Waals surface area contributed by atoms with Crippen molar-refractivity contribution in [2.75, 3.05) is 6.54 Å². The summed E-state index contributed by atoms with van der Waals surface area (Å²) in [5, 5.41) is 2.80. The molecule has 0 spiro atoms. The molecule has 0 saturated carbocycles. The lowest BCUT2D eigenvalue weighted by molar-refractivity contribution is 0.139. The topological polar surface area (TPSA) is 38.3 Å². The first-order chi connectivity index (χ1) is 12.3. The largest absolute Gasteiger partial charge is 0.445 e. The van der Waals surface area contributed by atoms with Crippen LogP contribution in [0.4, 0.5) is 4.79 Å². The van der Waals surface area contributed by atoms with Crippen LogP contribution in [-0.4, -0.2) is 20.7 Å². The van der Waals surface area contributed by atoms with Crippen LogP contribution in [0, 0.1) is 11.5 Å². The molecule has 0 aliphatic rings. The highest BCUT2D eigenvalue weighted by Crippen LogP contribution is 2.40. The highest BCUT2D eigenvalue weighted by Gasteiger charge is 2.41. The summed E-state index contributed by atoms with van der Waals surface area (Å²) in [6.45, 7) is 14.9. The van der Waals surface area contributed by atoms with Crippen LogP contribution in [0.5, 0.6) is 0 Å².